The number of hydrogen-bond donors (Lipinski definition) is 0. The highest BCUT2D eigenvalue weighted by Gasteiger charge is 2.17. The molecule has 21 heavy (non-hydrogen) atoms. The van der Waals surface area contributed by atoms with Gasteiger partial charge in [0.05, 0.1) is 13.2 Å². The van der Waals surface area contributed by atoms with Crippen molar-refractivity contribution in [2.75, 3.05) is 26.3 Å². The Hall–Kier alpha value is -1.26. The summed E-state index contributed by atoms with van der Waals surface area (Å²) in [7, 11) is 0. The van der Waals surface area contributed by atoms with E-state index in [1.165, 1.54) is 24.2 Å². The summed E-state index contributed by atoms with van der Waals surface area (Å²) in [6.07, 6.45) is 5.11. The zero-order valence-electron chi connectivity index (χ0n) is 14.0. The van der Waals surface area contributed by atoms with E-state index in [0.29, 0.717) is 19.8 Å². The lowest BCUT2D eigenvalue weighted by atomic mass is 10.2. The van der Waals surface area contributed by atoms with E-state index in [2.05, 4.69) is 6.92 Å². The summed E-state index contributed by atoms with van der Waals surface area (Å²) in [5.74, 6) is -0.0865. The molecule has 0 aromatic rings. The fraction of sp³-hybridized carbons (Fsp3) is 0.875. The molecule has 0 radical (unpaired) electrons. The van der Waals surface area contributed by atoms with E-state index in [-0.39, 0.29) is 18.4 Å². The smallest absolute Gasteiger partial charge is 0.410 e. The van der Waals surface area contributed by atoms with Crippen LogP contribution in [0.15, 0.2) is 0 Å². The minimum Gasteiger partial charge on any atom is -0.464 e. The highest BCUT2D eigenvalue weighted by atomic mass is 16.6. The summed E-state index contributed by atoms with van der Waals surface area (Å²) < 4.78 is 10.2. The fourth-order valence-electron chi connectivity index (χ4n) is 1.73. The van der Waals surface area contributed by atoms with Gasteiger partial charge in [-0.15, -0.1) is 0 Å². The van der Waals surface area contributed by atoms with E-state index in [0.717, 1.165) is 12.8 Å². The van der Waals surface area contributed by atoms with Gasteiger partial charge < -0.3 is 9.47 Å². The Kier molecular flexibility index (Phi) is 11.7. The Labute approximate surface area is 129 Å². The summed E-state index contributed by atoms with van der Waals surface area (Å²) in [5.41, 5.74) is 0. The van der Waals surface area contributed by atoms with Crippen molar-refractivity contribution in [1.82, 2.24) is 4.90 Å². The van der Waals surface area contributed by atoms with Crippen LogP contribution in [0, 0.1) is 5.92 Å². The van der Waals surface area contributed by atoms with Crippen molar-refractivity contribution < 1.29 is 19.1 Å². The third kappa shape index (κ3) is 11.1. The van der Waals surface area contributed by atoms with Crippen LogP contribution >= 0.6 is 0 Å². The number of esters is 1. The van der Waals surface area contributed by atoms with E-state index in [9.17, 15) is 9.59 Å². The van der Waals surface area contributed by atoms with Crippen LogP contribution in [-0.4, -0.2) is 43.3 Å². The summed E-state index contributed by atoms with van der Waals surface area (Å²) in [6, 6.07) is 0. The van der Waals surface area contributed by atoms with Crippen molar-refractivity contribution in [3.8, 4) is 0 Å². The molecular formula is C16H31NO4. The van der Waals surface area contributed by atoms with Crippen molar-refractivity contribution in [2.24, 2.45) is 5.92 Å². The van der Waals surface area contributed by atoms with E-state index >= 15 is 0 Å². The van der Waals surface area contributed by atoms with Gasteiger partial charge in [-0.05, 0) is 19.3 Å². The van der Waals surface area contributed by atoms with Gasteiger partial charge in [-0.1, -0.05) is 46.5 Å². The quantitative estimate of drug-likeness (QED) is 0.432. The number of carbonyl (C=O) groups is 2. The molecule has 5 nitrogen and oxygen atoms in total. The average Bonchev–Trinajstić information content (AvgIpc) is 2.45. The molecule has 0 spiro atoms. The molecule has 0 heterocycles. The predicted molar refractivity (Wildman–Crippen MR) is 83.2 cm³/mol. The third-order valence-electron chi connectivity index (χ3n) is 3.01. The minimum absolute atomic E-state index is 0.0393. The number of hydrogen-bond acceptors (Lipinski definition) is 4. The number of rotatable bonds is 11. The molecule has 0 saturated heterocycles. The molecule has 0 aliphatic rings. The van der Waals surface area contributed by atoms with Gasteiger partial charge in [-0.3, -0.25) is 9.69 Å². The lowest BCUT2D eigenvalue weighted by Gasteiger charge is -2.20. The Morgan fingerprint density at radius 2 is 1.67 bits per heavy atom. The molecule has 0 aromatic heterocycles. The number of likely N-dealkylation sites (N-methyl/N-ethyl adjacent to an activating group) is 1. The zero-order chi connectivity index (χ0) is 16.1. The standard InChI is InChI=1S/C16H31NO4/c1-5-7-8-9-10-11-20-15(18)12-17(6-2)16(19)21-13-14(3)4/h14H,5-13H2,1-4H3. The molecule has 0 fully saturated rings. The van der Waals surface area contributed by atoms with Gasteiger partial charge >= 0.3 is 12.1 Å². The van der Waals surface area contributed by atoms with Crippen molar-refractivity contribution in [2.45, 2.75) is 59.8 Å². The molecule has 0 unspecified atom stereocenters. The largest absolute Gasteiger partial charge is 0.464 e. The van der Waals surface area contributed by atoms with Crippen molar-refractivity contribution in [3.63, 3.8) is 0 Å². The first-order valence-electron chi connectivity index (χ1n) is 8.08. The molecule has 0 saturated carbocycles. The van der Waals surface area contributed by atoms with Gasteiger partial charge in [0.25, 0.3) is 0 Å². The number of unbranched alkanes of at least 4 members (excludes halogenated alkanes) is 4. The normalized spacial score (nSPS) is 10.5. The first-order chi connectivity index (χ1) is 10.0. The van der Waals surface area contributed by atoms with Gasteiger partial charge in [-0.25, -0.2) is 4.79 Å². The van der Waals surface area contributed by atoms with Crippen molar-refractivity contribution in [3.05, 3.63) is 0 Å². The maximum Gasteiger partial charge on any atom is 0.410 e. The van der Waals surface area contributed by atoms with Crippen LogP contribution in [0.2, 0.25) is 0 Å². The van der Waals surface area contributed by atoms with Crippen LogP contribution in [0.4, 0.5) is 4.79 Å². The first kappa shape index (κ1) is 19.7. The molecule has 0 N–H and O–H groups in total. The van der Waals surface area contributed by atoms with Gasteiger partial charge in [0.2, 0.25) is 0 Å². The van der Waals surface area contributed by atoms with Gasteiger partial charge in [-0.2, -0.15) is 0 Å². The number of ether oxygens (including phenoxy) is 2. The molecule has 124 valence electrons. The maximum atomic E-state index is 11.8. The predicted octanol–water partition coefficient (Wildman–Crippen LogP) is 3.61. The second-order valence-electron chi connectivity index (χ2n) is 5.62. The van der Waals surface area contributed by atoms with Crippen molar-refractivity contribution in [1.29, 1.82) is 0 Å². The first-order valence-corrected chi connectivity index (χ1v) is 8.08. The Bertz CT molecular complexity index is 292. The molecule has 0 aliphatic carbocycles. The van der Waals surface area contributed by atoms with E-state index < -0.39 is 6.09 Å². The molecule has 0 bridgehead atoms. The van der Waals surface area contributed by atoms with Crippen LogP contribution in [0.25, 0.3) is 0 Å². The topological polar surface area (TPSA) is 55.8 Å². The van der Waals surface area contributed by atoms with Gasteiger partial charge in [0.15, 0.2) is 0 Å². The Balaban J connectivity index is 3.85. The highest BCUT2D eigenvalue weighted by Crippen LogP contribution is 2.03. The lowest BCUT2D eigenvalue weighted by Crippen LogP contribution is -2.37. The van der Waals surface area contributed by atoms with Crippen LogP contribution in [-0.2, 0) is 14.3 Å². The molecule has 0 atom stereocenters. The summed E-state index contributed by atoms with van der Waals surface area (Å²) in [6.45, 7) is 9.10. The minimum atomic E-state index is -0.453. The molecule has 0 aromatic carbocycles. The van der Waals surface area contributed by atoms with E-state index in [1.54, 1.807) is 0 Å². The summed E-state index contributed by atoms with van der Waals surface area (Å²) in [5, 5.41) is 0. The van der Waals surface area contributed by atoms with Gasteiger partial charge in [0.1, 0.15) is 6.54 Å². The Morgan fingerprint density at radius 3 is 2.24 bits per heavy atom. The summed E-state index contributed by atoms with van der Waals surface area (Å²) in [4.78, 5) is 24.8. The average molecular weight is 301 g/mol. The maximum absolute atomic E-state index is 11.8. The molecular weight excluding hydrogens is 270 g/mol. The number of nitrogens with zero attached hydrogens (tertiary/aromatic N) is 1. The second-order valence-corrected chi connectivity index (χ2v) is 5.62. The van der Waals surface area contributed by atoms with Crippen LogP contribution in [0.1, 0.15) is 59.8 Å². The van der Waals surface area contributed by atoms with Gasteiger partial charge in [0, 0.05) is 6.54 Å². The van der Waals surface area contributed by atoms with Crippen LogP contribution in [0.5, 0.6) is 0 Å². The molecule has 0 aliphatic heterocycles. The molecule has 1 amide bonds. The van der Waals surface area contributed by atoms with Crippen LogP contribution < -0.4 is 0 Å². The zero-order valence-corrected chi connectivity index (χ0v) is 14.0. The van der Waals surface area contributed by atoms with E-state index in [4.69, 9.17) is 9.47 Å². The fourth-order valence-corrected chi connectivity index (χ4v) is 1.73. The molecule has 5 heteroatoms. The van der Waals surface area contributed by atoms with E-state index in [1.807, 2.05) is 20.8 Å². The van der Waals surface area contributed by atoms with Crippen LogP contribution in [0.3, 0.4) is 0 Å². The Morgan fingerprint density at radius 1 is 1.00 bits per heavy atom. The summed E-state index contributed by atoms with van der Waals surface area (Å²) >= 11 is 0. The third-order valence-corrected chi connectivity index (χ3v) is 3.01. The monoisotopic (exact) mass is 301 g/mol. The highest BCUT2D eigenvalue weighted by molar-refractivity contribution is 5.78. The SMILES string of the molecule is CCCCCCCOC(=O)CN(CC)C(=O)OCC(C)C. The second kappa shape index (κ2) is 12.5. The number of carbonyl (C=O) groups excluding carboxylic acids is 2. The molecule has 0 rings (SSSR count). The lowest BCUT2D eigenvalue weighted by molar-refractivity contribution is -0.144. The van der Waals surface area contributed by atoms with Crippen molar-refractivity contribution >= 4 is 12.1 Å². The number of amides is 1.